The van der Waals surface area contributed by atoms with E-state index in [4.69, 9.17) is 19.9 Å². The van der Waals surface area contributed by atoms with Gasteiger partial charge in [0.15, 0.2) is 11.5 Å². The SMILES string of the molecule is COc1ccc(C(N)c2ccc3c(c2)OCCO3)nn1. The lowest BCUT2D eigenvalue weighted by atomic mass is 10.0. The fraction of sp³-hybridized carbons (Fsp3) is 0.286. The Kier molecular flexibility index (Phi) is 3.39. The van der Waals surface area contributed by atoms with E-state index in [2.05, 4.69) is 10.2 Å². The van der Waals surface area contributed by atoms with E-state index in [1.165, 1.54) is 0 Å². The fourth-order valence-electron chi connectivity index (χ4n) is 2.03. The van der Waals surface area contributed by atoms with Gasteiger partial charge in [0.1, 0.15) is 13.2 Å². The summed E-state index contributed by atoms with van der Waals surface area (Å²) in [4.78, 5) is 0. The number of methoxy groups -OCH3 is 1. The van der Waals surface area contributed by atoms with Crippen LogP contribution in [0, 0.1) is 0 Å². The maximum Gasteiger partial charge on any atom is 0.233 e. The average molecular weight is 273 g/mol. The minimum Gasteiger partial charge on any atom is -0.486 e. The maximum absolute atomic E-state index is 6.20. The molecule has 0 spiro atoms. The Labute approximate surface area is 116 Å². The van der Waals surface area contributed by atoms with Gasteiger partial charge in [0.05, 0.1) is 18.8 Å². The van der Waals surface area contributed by atoms with E-state index in [9.17, 15) is 0 Å². The third-order valence-corrected chi connectivity index (χ3v) is 3.11. The van der Waals surface area contributed by atoms with Crippen molar-refractivity contribution in [2.24, 2.45) is 5.73 Å². The molecular weight excluding hydrogens is 258 g/mol. The first-order valence-corrected chi connectivity index (χ1v) is 6.30. The van der Waals surface area contributed by atoms with Crippen LogP contribution in [0.5, 0.6) is 17.4 Å². The van der Waals surface area contributed by atoms with Crippen LogP contribution >= 0.6 is 0 Å². The van der Waals surface area contributed by atoms with Gasteiger partial charge >= 0.3 is 0 Å². The summed E-state index contributed by atoms with van der Waals surface area (Å²) in [6, 6.07) is 8.81. The summed E-state index contributed by atoms with van der Waals surface area (Å²) in [5.41, 5.74) is 7.77. The molecule has 0 aliphatic carbocycles. The van der Waals surface area contributed by atoms with Crippen molar-refractivity contribution < 1.29 is 14.2 Å². The normalized spacial score (nSPS) is 14.7. The van der Waals surface area contributed by atoms with Crippen LogP contribution in [0.1, 0.15) is 17.3 Å². The largest absolute Gasteiger partial charge is 0.486 e. The minimum atomic E-state index is -0.371. The summed E-state index contributed by atoms with van der Waals surface area (Å²) in [5, 5.41) is 7.99. The highest BCUT2D eigenvalue weighted by atomic mass is 16.6. The number of hydrogen-bond donors (Lipinski definition) is 1. The van der Waals surface area contributed by atoms with E-state index in [0.717, 1.165) is 11.3 Å². The third kappa shape index (κ3) is 2.37. The first-order valence-electron chi connectivity index (χ1n) is 6.30. The molecule has 1 atom stereocenters. The Morgan fingerprint density at radius 2 is 1.90 bits per heavy atom. The molecule has 3 rings (SSSR count). The van der Waals surface area contributed by atoms with Gasteiger partial charge in [-0.15, -0.1) is 10.2 Å². The zero-order chi connectivity index (χ0) is 13.9. The first kappa shape index (κ1) is 12.7. The molecule has 0 bridgehead atoms. The molecule has 1 aromatic heterocycles. The average Bonchev–Trinajstić information content (AvgIpc) is 2.54. The molecule has 2 aromatic rings. The highest BCUT2D eigenvalue weighted by Gasteiger charge is 2.17. The number of nitrogens with zero attached hydrogens (tertiary/aromatic N) is 2. The van der Waals surface area contributed by atoms with Gasteiger partial charge in [-0.2, -0.15) is 0 Å². The number of ether oxygens (including phenoxy) is 3. The zero-order valence-electron chi connectivity index (χ0n) is 11.1. The second-order valence-electron chi connectivity index (χ2n) is 4.38. The van der Waals surface area contributed by atoms with Gasteiger partial charge in [-0.05, 0) is 23.8 Å². The molecule has 6 heteroatoms. The monoisotopic (exact) mass is 273 g/mol. The van der Waals surface area contributed by atoms with Crippen molar-refractivity contribution in [3.63, 3.8) is 0 Å². The van der Waals surface area contributed by atoms with Crippen LogP contribution < -0.4 is 19.9 Å². The Morgan fingerprint density at radius 3 is 2.60 bits per heavy atom. The van der Waals surface area contributed by atoms with Crippen LogP contribution in [-0.2, 0) is 0 Å². The van der Waals surface area contributed by atoms with E-state index in [1.54, 1.807) is 19.2 Å². The van der Waals surface area contributed by atoms with E-state index >= 15 is 0 Å². The second-order valence-corrected chi connectivity index (χ2v) is 4.38. The summed E-state index contributed by atoms with van der Waals surface area (Å²) in [5.74, 6) is 1.92. The molecule has 1 aromatic carbocycles. The van der Waals surface area contributed by atoms with Gasteiger partial charge in [0.2, 0.25) is 5.88 Å². The van der Waals surface area contributed by atoms with Crippen molar-refractivity contribution >= 4 is 0 Å². The molecule has 0 fully saturated rings. The molecule has 6 nitrogen and oxygen atoms in total. The van der Waals surface area contributed by atoms with Gasteiger partial charge in [-0.25, -0.2) is 0 Å². The molecule has 0 saturated carbocycles. The van der Waals surface area contributed by atoms with E-state index in [0.29, 0.717) is 30.5 Å². The molecule has 2 heterocycles. The number of aromatic nitrogens is 2. The Morgan fingerprint density at radius 1 is 1.10 bits per heavy atom. The number of benzene rings is 1. The molecule has 0 amide bonds. The summed E-state index contributed by atoms with van der Waals surface area (Å²) in [6.07, 6.45) is 0. The van der Waals surface area contributed by atoms with Crippen molar-refractivity contribution in [1.29, 1.82) is 0 Å². The second kappa shape index (κ2) is 5.34. The summed E-state index contributed by atoms with van der Waals surface area (Å²) >= 11 is 0. The van der Waals surface area contributed by atoms with Crippen molar-refractivity contribution in [1.82, 2.24) is 10.2 Å². The first-order chi connectivity index (χ1) is 9.78. The lowest BCUT2D eigenvalue weighted by molar-refractivity contribution is 0.171. The summed E-state index contributed by atoms with van der Waals surface area (Å²) in [6.45, 7) is 1.12. The third-order valence-electron chi connectivity index (χ3n) is 3.11. The molecule has 1 unspecified atom stereocenters. The topological polar surface area (TPSA) is 79.5 Å². The zero-order valence-corrected chi connectivity index (χ0v) is 11.1. The summed E-state index contributed by atoms with van der Waals surface area (Å²) < 4.78 is 16.0. The molecule has 0 saturated heterocycles. The van der Waals surface area contributed by atoms with Crippen LogP contribution in [0.2, 0.25) is 0 Å². The lowest BCUT2D eigenvalue weighted by Crippen LogP contribution is -2.17. The predicted octanol–water partition coefficient (Wildman–Crippen LogP) is 1.30. The van der Waals surface area contributed by atoms with Crippen LogP contribution in [0.3, 0.4) is 0 Å². The van der Waals surface area contributed by atoms with Crippen LogP contribution in [-0.4, -0.2) is 30.5 Å². The van der Waals surface area contributed by atoms with Gasteiger partial charge in [-0.3, -0.25) is 0 Å². The van der Waals surface area contributed by atoms with Gasteiger partial charge in [0, 0.05) is 6.07 Å². The van der Waals surface area contributed by atoms with E-state index in [1.807, 2.05) is 18.2 Å². The van der Waals surface area contributed by atoms with Gasteiger partial charge in [-0.1, -0.05) is 6.07 Å². The number of fused-ring (bicyclic) bond motifs is 1. The summed E-state index contributed by atoms with van der Waals surface area (Å²) in [7, 11) is 1.55. The molecule has 1 aliphatic rings. The molecular formula is C14H15N3O3. The van der Waals surface area contributed by atoms with Crippen LogP contribution in [0.15, 0.2) is 30.3 Å². The molecule has 0 radical (unpaired) electrons. The fourth-order valence-corrected chi connectivity index (χ4v) is 2.03. The van der Waals surface area contributed by atoms with Crippen LogP contribution in [0.4, 0.5) is 0 Å². The maximum atomic E-state index is 6.20. The lowest BCUT2D eigenvalue weighted by Gasteiger charge is -2.20. The standard InChI is InChI=1S/C14H15N3O3/c1-18-13-5-3-10(16-17-13)14(15)9-2-4-11-12(8-9)20-7-6-19-11/h2-5,8,14H,6-7,15H2,1H3. The number of rotatable bonds is 3. The van der Waals surface area contributed by atoms with Crippen molar-refractivity contribution in [2.45, 2.75) is 6.04 Å². The van der Waals surface area contributed by atoms with Crippen molar-refractivity contribution in [2.75, 3.05) is 20.3 Å². The molecule has 20 heavy (non-hydrogen) atoms. The van der Waals surface area contributed by atoms with Crippen molar-refractivity contribution in [3.05, 3.63) is 41.6 Å². The molecule has 1 aliphatic heterocycles. The minimum absolute atomic E-state index is 0.371. The Bertz CT molecular complexity index is 601. The van der Waals surface area contributed by atoms with Gasteiger partial charge < -0.3 is 19.9 Å². The highest BCUT2D eigenvalue weighted by Crippen LogP contribution is 2.33. The molecule has 104 valence electrons. The highest BCUT2D eigenvalue weighted by molar-refractivity contribution is 5.45. The van der Waals surface area contributed by atoms with Crippen LogP contribution in [0.25, 0.3) is 0 Å². The quantitative estimate of drug-likeness (QED) is 0.908. The smallest absolute Gasteiger partial charge is 0.233 e. The molecule has 2 N–H and O–H groups in total. The van der Waals surface area contributed by atoms with Gasteiger partial charge in [0.25, 0.3) is 0 Å². The Balaban J connectivity index is 1.87. The van der Waals surface area contributed by atoms with E-state index < -0.39 is 0 Å². The Hall–Kier alpha value is -2.34. The van der Waals surface area contributed by atoms with Crippen molar-refractivity contribution in [3.8, 4) is 17.4 Å². The van der Waals surface area contributed by atoms with E-state index in [-0.39, 0.29) is 6.04 Å². The number of nitrogens with two attached hydrogens (primary N) is 1. The predicted molar refractivity (Wildman–Crippen MR) is 72.0 cm³/mol. The number of hydrogen-bond acceptors (Lipinski definition) is 6.